The van der Waals surface area contributed by atoms with Crippen molar-refractivity contribution in [3.05, 3.63) is 98.6 Å². The van der Waals surface area contributed by atoms with E-state index in [9.17, 15) is 19.7 Å². The first-order valence-electron chi connectivity index (χ1n) is 11.4. The SMILES string of the molecule is CCOC(=O)C1=C(C)N=c2s/c(=C\c3cc(Br)c(OCC#N)c([N+](=O)[O-])c3)c(=O)n2[C@H]1c1ccc(C)cc1. The fraction of sp³-hybridized carbons (Fsp3) is 0.231. The smallest absolute Gasteiger partial charge is 0.338 e. The Morgan fingerprint density at radius 1 is 1.32 bits per heavy atom. The van der Waals surface area contributed by atoms with Gasteiger partial charge in [-0.1, -0.05) is 41.2 Å². The van der Waals surface area contributed by atoms with Gasteiger partial charge in [-0.15, -0.1) is 0 Å². The minimum atomic E-state index is -0.754. The molecule has 0 amide bonds. The summed E-state index contributed by atoms with van der Waals surface area (Å²) in [6.45, 7) is 5.15. The normalized spacial score (nSPS) is 14.9. The lowest BCUT2D eigenvalue weighted by Crippen LogP contribution is -2.39. The first-order valence-corrected chi connectivity index (χ1v) is 13.0. The van der Waals surface area contributed by atoms with E-state index >= 15 is 0 Å². The van der Waals surface area contributed by atoms with Crippen LogP contribution in [0, 0.1) is 28.4 Å². The molecule has 0 unspecified atom stereocenters. The molecule has 0 bridgehead atoms. The van der Waals surface area contributed by atoms with Crippen molar-refractivity contribution in [3.8, 4) is 11.8 Å². The summed E-state index contributed by atoms with van der Waals surface area (Å²) in [5, 5.41) is 20.4. The highest BCUT2D eigenvalue weighted by atomic mass is 79.9. The van der Waals surface area contributed by atoms with Crippen LogP contribution in [-0.2, 0) is 9.53 Å². The summed E-state index contributed by atoms with van der Waals surface area (Å²) >= 11 is 4.37. The highest BCUT2D eigenvalue weighted by molar-refractivity contribution is 9.10. The fourth-order valence-corrected chi connectivity index (χ4v) is 5.70. The number of nitriles is 1. The average Bonchev–Trinajstić information content (AvgIpc) is 3.17. The standard InChI is InChI=1S/C26H21BrN4O6S/c1-4-36-25(33)21-15(3)29-26-30(22(21)17-7-5-14(2)6-8-17)24(32)20(38-26)13-16-11-18(27)23(37-10-9-28)19(12-16)31(34)35/h5-8,11-13,22H,4,10H2,1-3H3/b20-13-/t22-/m0/s1. The molecule has 2 heterocycles. The summed E-state index contributed by atoms with van der Waals surface area (Å²) in [7, 11) is 0. The van der Waals surface area contributed by atoms with Gasteiger partial charge in [0, 0.05) is 6.07 Å². The number of ether oxygens (including phenoxy) is 2. The molecule has 0 saturated carbocycles. The number of aromatic nitrogens is 1. The molecule has 0 saturated heterocycles. The number of halogens is 1. The Morgan fingerprint density at radius 2 is 2.03 bits per heavy atom. The van der Waals surface area contributed by atoms with Gasteiger partial charge in [-0.3, -0.25) is 19.5 Å². The van der Waals surface area contributed by atoms with Crippen molar-refractivity contribution in [1.82, 2.24) is 4.57 Å². The summed E-state index contributed by atoms with van der Waals surface area (Å²) in [5.74, 6) is -0.634. The van der Waals surface area contributed by atoms with Crippen LogP contribution < -0.4 is 19.6 Å². The number of carbonyl (C=O) groups excluding carboxylic acids is 1. The fourth-order valence-electron chi connectivity index (χ4n) is 4.07. The van der Waals surface area contributed by atoms with Crippen molar-refractivity contribution in [3.63, 3.8) is 0 Å². The minimum absolute atomic E-state index is 0.0794. The molecular formula is C26H21BrN4O6S. The van der Waals surface area contributed by atoms with Gasteiger partial charge >= 0.3 is 11.7 Å². The molecule has 3 aromatic rings. The summed E-state index contributed by atoms with van der Waals surface area (Å²) < 4.78 is 12.5. The topological polar surface area (TPSA) is 137 Å². The van der Waals surface area contributed by atoms with Gasteiger partial charge in [-0.05, 0) is 60.0 Å². The molecule has 12 heteroatoms. The Hall–Kier alpha value is -4.08. The van der Waals surface area contributed by atoms with E-state index in [0.29, 0.717) is 16.1 Å². The van der Waals surface area contributed by atoms with E-state index in [1.165, 1.54) is 16.7 Å². The second-order valence-electron chi connectivity index (χ2n) is 8.27. The second-order valence-corrected chi connectivity index (χ2v) is 10.1. The van der Waals surface area contributed by atoms with Gasteiger partial charge in [0.1, 0.15) is 6.07 Å². The zero-order chi connectivity index (χ0) is 27.6. The van der Waals surface area contributed by atoms with Gasteiger partial charge in [-0.25, -0.2) is 9.79 Å². The molecule has 4 rings (SSSR count). The molecule has 0 fully saturated rings. The zero-order valence-electron chi connectivity index (χ0n) is 20.6. The van der Waals surface area contributed by atoms with Crippen molar-refractivity contribution in [2.45, 2.75) is 26.8 Å². The van der Waals surface area contributed by atoms with Crippen LogP contribution in [0.3, 0.4) is 0 Å². The molecule has 194 valence electrons. The molecule has 0 radical (unpaired) electrons. The number of aryl methyl sites for hydroxylation is 1. The van der Waals surface area contributed by atoms with Gasteiger partial charge in [0.2, 0.25) is 5.75 Å². The number of hydrogen-bond acceptors (Lipinski definition) is 9. The molecule has 0 N–H and O–H groups in total. The van der Waals surface area contributed by atoms with Gasteiger partial charge < -0.3 is 9.47 Å². The number of carbonyl (C=O) groups is 1. The van der Waals surface area contributed by atoms with Crippen LogP contribution in [0.2, 0.25) is 0 Å². The van der Waals surface area contributed by atoms with E-state index in [-0.39, 0.29) is 39.2 Å². The molecule has 0 aliphatic carbocycles. The molecular weight excluding hydrogens is 576 g/mol. The van der Waals surface area contributed by atoms with Crippen molar-refractivity contribution in [1.29, 1.82) is 5.26 Å². The third kappa shape index (κ3) is 5.16. The molecule has 1 atom stereocenters. The maximum Gasteiger partial charge on any atom is 0.338 e. The molecule has 0 spiro atoms. The Labute approximate surface area is 229 Å². The van der Waals surface area contributed by atoms with Crippen LogP contribution in [-0.4, -0.2) is 28.7 Å². The molecule has 1 aliphatic rings. The first kappa shape index (κ1) is 27.0. The number of fused-ring (bicyclic) bond motifs is 1. The third-order valence-electron chi connectivity index (χ3n) is 5.73. The monoisotopic (exact) mass is 596 g/mol. The Balaban J connectivity index is 1.92. The van der Waals surface area contributed by atoms with Crippen molar-refractivity contribution in [2.75, 3.05) is 13.2 Å². The maximum absolute atomic E-state index is 13.7. The molecule has 1 aromatic heterocycles. The number of nitro groups is 1. The number of thiazole rings is 1. The van der Waals surface area contributed by atoms with Crippen LogP contribution in [0.25, 0.3) is 6.08 Å². The summed E-state index contributed by atoms with van der Waals surface area (Å²) in [5.41, 5.74) is 2.06. The minimum Gasteiger partial charge on any atom is -0.471 e. The van der Waals surface area contributed by atoms with Crippen LogP contribution in [0.5, 0.6) is 5.75 Å². The number of benzene rings is 2. The lowest BCUT2D eigenvalue weighted by atomic mass is 9.95. The van der Waals surface area contributed by atoms with Crippen molar-refractivity contribution >= 4 is 45.0 Å². The van der Waals surface area contributed by atoms with E-state index in [1.54, 1.807) is 26.0 Å². The summed E-state index contributed by atoms with van der Waals surface area (Å²) in [6, 6.07) is 11.4. The molecule has 10 nitrogen and oxygen atoms in total. The van der Waals surface area contributed by atoms with Gasteiger partial charge in [-0.2, -0.15) is 5.26 Å². The largest absolute Gasteiger partial charge is 0.471 e. The van der Waals surface area contributed by atoms with Crippen molar-refractivity contribution in [2.24, 2.45) is 4.99 Å². The third-order valence-corrected chi connectivity index (χ3v) is 7.30. The molecule has 1 aliphatic heterocycles. The second kappa shape index (κ2) is 11.1. The average molecular weight is 597 g/mol. The van der Waals surface area contributed by atoms with Crippen LogP contribution in [0.15, 0.2) is 61.9 Å². The Bertz CT molecular complexity index is 1700. The van der Waals surface area contributed by atoms with Gasteiger partial charge in [0.05, 0.1) is 37.8 Å². The lowest BCUT2D eigenvalue weighted by molar-refractivity contribution is -0.385. The van der Waals surface area contributed by atoms with E-state index in [0.717, 1.165) is 22.5 Å². The number of hydrogen-bond donors (Lipinski definition) is 0. The van der Waals surface area contributed by atoms with Gasteiger partial charge in [0.25, 0.3) is 5.56 Å². The van der Waals surface area contributed by atoms with E-state index in [2.05, 4.69) is 20.9 Å². The maximum atomic E-state index is 13.7. The number of nitro benzene ring substituents is 1. The molecule has 38 heavy (non-hydrogen) atoms. The first-order chi connectivity index (χ1) is 18.2. The lowest BCUT2D eigenvalue weighted by Gasteiger charge is -2.24. The number of allylic oxidation sites excluding steroid dienone is 1. The Morgan fingerprint density at radius 3 is 2.66 bits per heavy atom. The highest BCUT2D eigenvalue weighted by Crippen LogP contribution is 2.37. The number of esters is 1. The Kier molecular flexibility index (Phi) is 7.89. The summed E-state index contributed by atoms with van der Waals surface area (Å²) in [4.78, 5) is 42.6. The number of rotatable bonds is 7. The predicted molar refractivity (Wildman–Crippen MR) is 143 cm³/mol. The van der Waals surface area contributed by atoms with E-state index in [4.69, 9.17) is 14.7 Å². The van der Waals surface area contributed by atoms with E-state index < -0.39 is 22.5 Å². The quantitative estimate of drug-likeness (QED) is 0.230. The van der Waals surface area contributed by atoms with Crippen LogP contribution >= 0.6 is 27.3 Å². The van der Waals surface area contributed by atoms with Gasteiger partial charge in [0.15, 0.2) is 11.4 Å². The van der Waals surface area contributed by atoms with Crippen molar-refractivity contribution < 1.29 is 19.2 Å². The summed E-state index contributed by atoms with van der Waals surface area (Å²) in [6.07, 6.45) is 1.52. The highest BCUT2D eigenvalue weighted by Gasteiger charge is 2.33. The van der Waals surface area contributed by atoms with Crippen LogP contribution in [0.1, 0.15) is 36.6 Å². The number of nitrogens with zero attached hydrogens (tertiary/aromatic N) is 4. The van der Waals surface area contributed by atoms with Crippen LogP contribution in [0.4, 0.5) is 5.69 Å². The van der Waals surface area contributed by atoms with E-state index in [1.807, 2.05) is 31.2 Å². The zero-order valence-corrected chi connectivity index (χ0v) is 23.0. The predicted octanol–water partition coefficient (Wildman–Crippen LogP) is 3.68. The molecule has 2 aromatic carbocycles.